The zero-order chi connectivity index (χ0) is 20.4. The van der Waals surface area contributed by atoms with E-state index in [1.807, 2.05) is 12.1 Å². The number of carbonyl (C=O) groups is 1. The molecule has 0 saturated heterocycles. The van der Waals surface area contributed by atoms with Crippen molar-refractivity contribution in [1.29, 1.82) is 0 Å². The standard InChI is InChI=1S/C21H19Cl3N4O/c22-15-5-4-6-16(23)14(15)12-20(29)25-18-11-13(8-9-17(18)24)21-27-26-19-7-2-1-3-10-28(19)21/h4-6,8-9,11H,1-3,7,10,12H2,(H,25,29). The lowest BCUT2D eigenvalue weighted by Crippen LogP contribution is -2.15. The molecule has 150 valence electrons. The minimum absolute atomic E-state index is 0.0550. The molecular formula is C21H19Cl3N4O. The van der Waals surface area contributed by atoms with Gasteiger partial charge in [-0.15, -0.1) is 10.2 Å². The summed E-state index contributed by atoms with van der Waals surface area (Å²) in [5.41, 5.74) is 1.97. The highest BCUT2D eigenvalue weighted by atomic mass is 35.5. The normalized spacial score (nSPS) is 13.6. The Hall–Kier alpha value is -2.08. The van der Waals surface area contributed by atoms with Gasteiger partial charge in [0.25, 0.3) is 0 Å². The van der Waals surface area contributed by atoms with Gasteiger partial charge in [-0.2, -0.15) is 0 Å². The number of benzene rings is 2. The fourth-order valence-electron chi connectivity index (χ4n) is 3.51. The van der Waals surface area contributed by atoms with E-state index in [4.69, 9.17) is 34.8 Å². The van der Waals surface area contributed by atoms with Crippen LogP contribution in [-0.2, 0) is 24.2 Å². The first-order chi connectivity index (χ1) is 14.0. The molecule has 1 aliphatic rings. The number of amides is 1. The molecule has 0 bridgehead atoms. The van der Waals surface area contributed by atoms with E-state index in [1.165, 1.54) is 6.42 Å². The summed E-state index contributed by atoms with van der Waals surface area (Å²) >= 11 is 18.7. The Kier molecular flexibility index (Phi) is 6.09. The highest BCUT2D eigenvalue weighted by Gasteiger charge is 2.18. The minimum atomic E-state index is -0.251. The van der Waals surface area contributed by atoms with Crippen LogP contribution in [-0.4, -0.2) is 20.7 Å². The number of carbonyl (C=O) groups excluding carboxylic acids is 1. The van der Waals surface area contributed by atoms with Crippen LogP contribution in [0.3, 0.4) is 0 Å². The Balaban J connectivity index is 1.58. The van der Waals surface area contributed by atoms with E-state index in [9.17, 15) is 4.79 Å². The lowest BCUT2D eigenvalue weighted by molar-refractivity contribution is -0.115. The van der Waals surface area contributed by atoms with Crippen molar-refractivity contribution < 1.29 is 4.79 Å². The number of nitrogens with zero attached hydrogens (tertiary/aromatic N) is 3. The van der Waals surface area contributed by atoms with Gasteiger partial charge in [-0.1, -0.05) is 47.3 Å². The van der Waals surface area contributed by atoms with Crippen molar-refractivity contribution in [3.63, 3.8) is 0 Å². The minimum Gasteiger partial charge on any atom is -0.324 e. The monoisotopic (exact) mass is 448 g/mol. The Morgan fingerprint density at radius 1 is 1.00 bits per heavy atom. The molecule has 0 radical (unpaired) electrons. The number of aromatic nitrogens is 3. The van der Waals surface area contributed by atoms with Gasteiger partial charge in [0.2, 0.25) is 5.91 Å². The van der Waals surface area contributed by atoms with E-state index < -0.39 is 0 Å². The first kappa shape index (κ1) is 20.2. The largest absolute Gasteiger partial charge is 0.324 e. The first-order valence-corrected chi connectivity index (χ1v) is 10.6. The van der Waals surface area contributed by atoms with E-state index in [0.717, 1.165) is 43.0 Å². The molecule has 2 aromatic carbocycles. The number of fused-ring (bicyclic) bond motifs is 1. The smallest absolute Gasteiger partial charge is 0.228 e. The van der Waals surface area contributed by atoms with Gasteiger partial charge in [-0.25, -0.2) is 0 Å². The van der Waals surface area contributed by atoms with Crippen molar-refractivity contribution in [3.8, 4) is 11.4 Å². The molecule has 1 aliphatic heterocycles. The summed E-state index contributed by atoms with van der Waals surface area (Å²) in [4.78, 5) is 12.6. The SMILES string of the molecule is O=C(Cc1c(Cl)cccc1Cl)Nc1cc(-c2nnc3n2CCCCC3)ccc1Cl. The fraction of sp³-hybridized carbons (Fsp3) is 0.286. The second-order valence-electron chi connectivity index (χ2n) is 7.02. The maximum atomic E-state index is 12.6. The third kappa shape index (κ3) is 4.42. The van der Waals surface area contributed by atoms with Crippen LogP contribution < -0.4 is 5.32 Å². The average Bonchev–Trinajstić information content (AvgIpc) is 2.95. The molecule has 29 heavy (non-hydrogen) atoms. The predicted molar refractivity (Wildman–Crippen MR) is 117 cm³/mol. The number of hydrogen-bond donors (Lipinski definition) is 1. The number of anilines is 1. The molecule has 3 aromatic rings. The van der Waals surface area contributed by atoms with Crippen LogP contribution in [0, 0.1) is 0 Å². The van der Waals surface area contributed by atoms with Crippen molar-refractivity contribution in [1.82, 2.24) is 14.8 Å². The third-order valence-electron chi connectivity index (χ3n) is 5.01. The number of rotatable bonds is 4. The summed E-state index contributed by atoms with van der Waals surface area (Å²) in [6, 6.07) is 10.6. The van der Waals surface area contributed by atoms with Crippen LogP contribution in [0.5, 0.6) is 0 Å². The van der Waals surface area contributed by atoms with Gasteiger partial charge in [0, 0.05) is 28.6 Å². The summed E-state index contributed by atoms with van der Waals surface area (Å²) in [5.74, 6) is 1.55. The molecule has 5 nitrogen and oxygen atoms in total. The van der Waals surface area contributed by atoms with E-state index in [2.05, 4.69) is 20.1 Å². The molecule has 1 amide bonds. The van der Waals surface area contributed by atoms with Crippen LogP contribution >= 0.6 is 34.8 Å². The van der Waals surface area contributed by atoms with E-state index in [1.54, 1.807) is 24.3 Å². The van der Waals surface area contributed by atoms with Gasteiger partial charge in [-0.05, 0) is 48.7 Å². The van der Waals surface area contributed by atoms with Crippen LogP contribution in [0.2, 0.25) is 15.1 Å². The van der Waals surface area contributed by atoms with Crippen LogP contribution in [0.25, 0.3) is 11.4 Å². The maximum Gasteiger partial charge on any atom is 0.228 e. The highest BCUT2D eigenvalue weighted by Crippen LogP contribution is 2.30. The molecule has 0 saturated carbocycles. The van der Waals surface area contributed by atoms with E-state index in [0.29, 0.717) is 26.3 Å². The average molecular weight is 450 g/mol. The van der Waals surface area contributed by atoms with Gasteiger partial charge >= 0.3 is 0 Å². The second-order valence-corrected chi connectivity index (χ2v) is 8.24. The lowest BCUT2D eigenvalue weighted by Gasteiger charge is -2.12. The molecule has 8 heteroatoms. The summed E-state index contributed by atoms with van der Waals surface area (Å²) in [6.45, 7) is 0.896. The number of nitrogens with one attached hydrogen (secondary N) is 1. The molecule has 0 aliphatic carbocycles. The van der Waals surface area contributed by atoms with Crippen LogP contribution in [0.15, 0.2) is 36.4 Å². The molecule has 0 spiro atoms. The number of halogens is 3. The molecule has 1 aromatic heterocycles. The Morgan fingerprint density at radius 3 is 2.59 bits per heavy atom. The zero-order valence-electron chi connectivity index (χ0n) is 15.6. The van der Waals surface area contributed by atoms with Crippen molar-refractivity contribution in [2.45, 2.75) is 38.6 Å². The van der Waals surface area contributed by atoms with Gasteiger partial charge in [-0.3, -0.25) is 4.79 Å². The maximum absolute atomic E-state index is 12.6. The van der Waals surface area contributed by atoms with Crippen LogP contribution in [0.4, 0.5) is 5.69 Å². The summed E-state index contributed by atoms with van der Waals surface area (Å²) in [5, 5.41) is 12.9. The van der Waals surface area contributed by atoms with Crippen molar-refractivity contribution in [3.05, 3.63) is 62.9 Å². The highest BCUT2D eigenvalue weighted by molar-refractivity contribution is 6.36. The first-order valence-electron chi connectivity index (χ1n) is 9.47. The topological polar surface area (TPSA) is 59.8 Å². The van der Waals surface area contributed by atoms with Gasteiger partial charge in [0.1, 0.15) is 5.82 Å². The molecule has 0 fully saturated rings. The Labute approximate surface area is 184 Å². The summed E-state index contributed by atoms with van der Waals surface area (Å²) in [6.07, 6.45) is 4.41. The molecule has 1 N–H and O–H groups in total. The van der Waals surface area contributed by atoms with Gasteiger partial charge in [0.15, 0.2) is 5.82 Å². The summed E-state index contributed by atoms with van der Waals surface area (Å²) in [7, 11) is 0. The quantitative estimate of drug-likeness (QED) is 0.546. The second kappa shape index (κ2) is 8.74. The predicted octanol–water partition coefficient (Wildman–Crippen LogP) is 5.81. The molecular weight excluding hydrogens is 431 g/mol. The summed E-state index contributed by atoms with van der Waals surface area (Å²) < 4.78 is 2.16. The lowest BCUT2D eigenvalue weighted by atomic mass is 10.1. The van der Waals surface area contributed by atoms with Gasteiger partial charge < -0.3 is 9.88 Å². The Morgan fingerprint density at radius 2 is 1.79 bits per heavy atom. The Bertz CT molecular complexity index is 1040. The van der Waals surface area contributed by atoms with Crippen molar-refractivity contribution in [2.24, 2.45) is 0 Å². The zero-order valence-corrected chi connectivity index (χ0v) is 17.9. The third-order valence-corrected chi connectivity index (χ3v) is 6.04. The number of aryl methyl sites for hydroxylation is 1. The fourth-order valence-corrected chi connectivity index (χ4v) is 4.21. The van der Waals surface area contributed by atoms with E-state index >= 15 is 0 Å². The number of hydrogen-bond acceptors (Lipinski definition) is 3. The molecule has 4 rings (SSSR count). The van der Waals surface area contributed by atoms with Crippen molar-refractivity contribution >= 4 is 46.4 Å². The van der Waals surface area contributed by atoms with Crippen LogP contribution in [0.1, 0.15) is 30.7 Å². The molecule has 2 heterocycles. The van der Waals surface area contributed by atoms with Crippen molar-refractivity contribution in [2.75, 3.05) is 5.32 Å². The van der Waals surface area contributed by atoms with Gasteiger partial charge in [0.05, 0.1) is 17.1 Å². The van der Waals surface area contributed by atoms with E-state index in [-0.39, 0.29) is 12.3 Å². The molecule has 0 unspecified atom stereocenters. The molecule has 0 atom stereocenters.